The van der Waals surface area contributed by atoms with Gasteiger partial charge < -0.3 is 10.1 Å². The van der Waals surface area contributed by atoms with E-state index in [0.29, 0.717) is 36.2 Å². The molecule has 0 saturated carbocycles. The van der Waals surface area contributed by atoms with E-state index >= 15 is 0 Å². The van der Waals surface area contributed by atoms with Crippen molar-refractivity contribution in [2.75, 3.05) is 19.0 Å². The highest BCUT2D eigenvalue weighted by atomic mass is 32.2. The molecule has 3 heterocycles. The molecular formula is C22H25N5O3S. The zero-order valence-corrected chi connectivity index (χ0v) is 18.6. The first-order chi connectivity index (χ1) is 14.9. The molecule has 0 aliphatic carbocycles. The lowest BCUT2D eigenvalue weighted by atomic mass is 10.1. The van der Waals surface area contributed by atoms with Crippen LogP contribution >= 0.6 is 0 Å². The van der Waals surface area contributed by atoms with E-state index in [2.05, 4.69) is 20.3 Å². The van der Waals surface area contributed by atoms with Gasteiger partial charge in [0.25, 0.3) is 0 Å². The lowest BCUT2D eigenvalue weighted by molar-refractivity contribution is 0.390. The topological polar surface area (TPSA) is 97.3 Å². The third kappa shape index (κ3) is 4.52. The minimum absolute atomic E-state index is 0.248. The van der Waals surface area contributed by atoms with Crippen molar-refractivity contribution in [2.45, 2.75) is 37.6 Å². The molecule has 0 bridgehead atoms. The van der Waals surface area contributed by atoms with Crippen LogP contribution in [0, 0.1) is 13.8 Å². The SMILES string of the molecule is COc1ccc(S(=O)(=O)N2CCC[C@H]2c2cccc(Nc3nc(C)cc(C)n3)n2)cc1. The van der Waals surface area contributed by atoms with Crippen LogP contribution in [0.1, 0.15) is 36.0 Å². The molecule has 1 saturated heterocycles. The second kappa shape index (κ2) is 8.60. The number of hydrogen-bond donors (Lipinski definition) is 1. The highest BCUT2D eigenvalue weighted by molar-refractivity contribution is 7.89. The maximum atomic E-state index is 13.3. The average molecular weight is 440 g/mol. The molecule has 2 aromatic heterocycles. The first-order valence-corrected chi connectivity index (χ1v) is 11.5. The molecule has 1 atom stereocenters. The number of hydrogen-bond acceptors (Lipinski definition) is 7. The van der Waals surface area contributed by atoms with Crippen LogP contribution in [0.25, 0.3) is 0 Å². The number of methoxy groups -OCH3 is 1. The standard InChI is InChI=1S/C22H25N5O3S/c1-15-14-16(2)24-22(23-15)26-21-8-4-6-19(25-21)20-7-5-13-27(20)31(28,29)18-11-9-17(30-3)10-12-18/h4,6,8-12,14,20H,5,7,13H2,1-3H3,(H,23,24,25,26)/t20-/m0/s1. The monoisotopic (exact) mass is 439 g/mol. The Hall–Kier alpha value is -3.04. The fourth-order valence-electron chi connectivity index (χ4n) is 3.81. The summed E-state index contributed by atoms with van der Waals surface area (Å²) in [6, 6.07) is 13.6. The summed E-state index contributed by atoms with van der Waals surface area (Å²) >= 11 is 0. The smallest absolute Gasteiger partial charge is 0.243 e. The van der Waals surface area contributed by atoms with Gasteiger partial charge in [-0.3, -0.25) is 0 Å². The first kappa shape index (κ1) is 21.2. The van der Waals surface area contributed by atoms with E-state index in [-0.39, 0.29) is 10.9 Å². The van der Waals surface area contributed by atoms with Crippen LogP contribution in [0.4, 0.5) is 11.8 Å². The van der Waals surface area contributed by atoms with Gasteiger partial charge >= 0.3 is 0 Å². The molecule has 1 aromatic carbocycles. The largest absolute Gasteiger partial charge is 0.497 e. The van der Waals surface area contributed by atoms with Gasteiger partial charge in [-0.1, -0.05) is 6.07 Å². The summed E-state index contributed by atoms with van der Waals surface area (Å²) in [5.41, 5.74) is 2.42. The molecule has 162 valence electrons. The second-order valence-electron chi connectivity index (χ2n) is 7.50. The number of nitrogens with zero attached hydrogens (tertiary/aromatic N) is 4. The Kier molecular flexibility index (Phi) is 5.88. The molecular weight excluding hydrogens is 414 g/mol. The van der Waals surface area contributed by atoms with Gasteiger partial charge in [-0.2, -0.15) is 4.31 Å². The maximum absolute atomic E-state index is 13.3. The highest BCUT2D eigenvalue weighted by Gasteiger charge is 2.37. The molecule has 1 N–H and O–H groups in total. The van der Waals surface area contributed by atoms with Crippen molar-refractivity contribution < 1.29 is 13.2 Å². The first-order valence-electron chi connectivity index (χ1n) is 10.1. The van der Waals surface area contributed by atoms with Crippen LogP contribution in [0.5, 0.6) is 5.75 Å². The minimum atomic E-state index is -3.65. The van der Waals surface area contributed by atoms with Crippen LogP contribution in [-0.4, -0.2) is 41.3 Å². The van der Waals surface area contributed by atoms with Crippen molar-refractivity contribution in [3.63, 3.8) is 0 Å². The molecule has 0 spiro atoms. The van der Waals surface area contributed by atoms with Gasteiger partial charge in [0.2, 0.25) is 16.0 Å². The summed E-state index contributed by atoms with van der Waals surface area (Å²) in [4.78, 5) is 13.7. The van der Waals surface area contributed by atoms with Gasteiger partial charge in [-0.15, -0.1) is 0 Å². The third-order valence-corrected chi connectivity index (χ3v) is 7.13. The molecule has 4 rings (SSSR count). The van der Waals surface area contributed by atoms with E-state index in [1.165, 1.54) is 4.31 Å². The van der Waals surface area contributed by atoms with E-state index in [1.807, 2.05) is 38.1 Å². The van der Waals surface area contributed by atoms with E-state index in [0.717, 1.165) is 17.8 Å². The number of anilines is 2. The summed E-state index contributed by atoms with van der Waals surface area (Å²) in [6.45, 7) is 4.27. The van der Waals surface area contributed by atoms with Gasteiger partial charge in [0.1, 0.15) is 11.6 Å². The van der Waals surface area contributed by atoms with E-state index in [4.69, 9.17) is 4.74 Å². The highest BCUT2D eigenvalue weighted by Crippen LogP contribution is 2.36. The molecule has 3 aromatic rings. The Balaban J connectivity index is 1.60. The predicted molar refractivity (Wildman–Crippen MR) is 118 cm³/mol. The van der Waals surface area contributed by atoms with Gasteiger partial charge in [0, 0.05) is 17.9 Å². The average Bonchev–Trinajstić information content (AvgIpc) is 3.24. The summed E-state index contributed by atoms with van der Waals surface area (Å²) in [5, 5.41) is 3.13. The molecule has 31 heavy (non-hydrogen) atoms. The lowest BCUT2D eigenvalue weighted by Crippen LogP contribution is -2.31. The number of pyridine rings is 1. The van der Waals surface area contributed by atoms with Gasteiger partial charge in [0.05, 0.1) is 23.7 Å². The van der Waals surface area contributed by atoms with E-state index in [9.17, 15) is 8.42 Å². The molecule has 8 nitrogen and oxygen atoms in total. The van der Waals surface area contributed by atoms with Crippen LogP contribution in [-0.2, 0) is 10.0 Å². The van der Waals surface area contributed by atoms with Crippen molar-refractivity contribution in [3.8, 4) is 5.75 Å². The summed E-state index contributed by atoms with van der Waals surface area (Å²) in [6.07, 6.45) is 1.49. The third-order valence-electron chi connectivity index (χ3n) is 5.20. The fourth-order valence-corrected chi connectivity index (χ4v) is 5.48. The number of ether oxygens (including phenoxy) is 1. The van der Waals surface area contributed by atoms with Crippen molar-refractivity contribution in [2.24, 2.45) is 0 Å². The second-order valence-corrected chi connectivity index (χ2v) is 9.39. The molecule has 1 fully saturated rings. The maximum Gasteiger partial charge on any atom is 0.243 e. The van der Waals surface area contributed by atoms with E-state index < -0.39 is 10.0 Å². The fraction of sp³-hybridized carbons (Fsp3) is 0.318. The molecule has 0 radical (unpaired) electrons. The number of sulfonamides is 1. The molecule has 0 unspecified atom stereocenters. The Labute approximate surface area is 182 Å². The zero-order valence-electron chi connectivity index (χ0n) is 17.7. The van der Waals surface area contributed by atoms with Crippen LogP contribution in [0.2, 0.25) is 0 Å². The van der Waals surface area contributed by atoms with Crippen molar-refractivity contribution in [3.05, 3.63) is 65.6 Å². The lowest BCUT2D eigenvalue weighted by Gasteiger charge is -2.24. The van der Waals surface area contributed by atoms with Gasteiger partial charge in [0.15, 0.2) is 0 Å². The summed E-state index contributed by atoms with van der Waals surface area (Å²) in [7, 11) is -2.10. The van der Waals surface area contributed by atoms with Crippen molar-refractivity contribution in [1.29, 1.82) is 0 Å². The van der Waals surface area contributed by atoms with Gasteiger partial charge in [-0.05, 0) is 69.2 Å². The Morgan fingerprint density at radius 3 is 2.42 bits per heavy atom. The zero-order chi connectivity index (χ0) is 22.0. The quantitative estimate of drug-likeness (QED) is 0.624. The number of aromatic nitrogens is 3. The molecule has 1 aliphatic rings. The van der Waals surface area contributed by atoms with Crippen LogP contribution in [0.3, 0.4) is 0 Å². The summed E-state index contributed by atoms with van der Waals surface area (Å²) in [5.74, 6) is 1.67. The van der Waals surface area contributed by atoms with Gasteiger partial charge in [-0.25, -0.2) is 23.4 Å². The number of rotatable bonds is 6. The predicted octanol–water partition coefficient (Wildman–Crippen LogP) is 3.77. The Morgan fingerprint density at radius 1 is 1.03 bits per heavy atom. The van der Waals surface area contributed by atoms with Crippen molar-refractivity contribution >= 4 is 21.8 Å². The van der Waals surface area contributed by atoms with E-state index in [1.54, 1.807) is 31.4 Å². The normalized spacial score (nSPS) is 16.9. The number of benzene rings is 1. The Morgan fingerprint density at radius 2 is 1.74 bits per heavy atom. The number of aryl methyl sites for hydroxylation is 2. The number of nitrogens with one attached hydrogen (secondary N) is 1. The molecule has 9 heteroatoms. The van der Waals surface area contributed by atoms with Crippen LogP contribution in [0.15, 0.2) is 53.4 Å². The molecule has 1 aliphatic heterocycles. The minimum Gasteiger partial charge on any atom is -0.497 e. The van der Waals surface area contributed by atoms with Crippen molar-refractivity contribution in [1.82, 2.24) is 19.3 Å². The van der Waals surface area contributed by atoms with Crippen LogP contribution < -0.4 is 10.1 Å². The Bertz CT molecular complexity index is 1160. The summed E-state index contributed by atoms with van der Waals surface area (Å²) < 4.78 is 33.3. The molecule has 0 amide bonds.